The van der Waals surface area contributed by atoms with Crippen LogP contribution in [0.25, 0.3) is 10.4 Å². The van der Waals surface area contributed by atoms with E-state index in [0.29, 0.717) is 5.92 Å². The van der Waals surface area contributed by atoms with Crippen LogP contribution < -0.4 is 4.74 Å². The van der Waals surface area contributed by atoms with Crippen molar-refractivity contribution in [2.75, 3.05) is 7.11 Å². The Bertz CT molecular complexity index is 1110. The lowest BCUT2D eigenvalue weighted by Crippen LogP contribution is -2.28. The van der Waals surface area contributed by atoms with Crippen molar-refractivity contribution in [1.82, 2.24) is 4.98 Å². The minimum Gasteiger partial charge on any atom is -0.497 e. The topological polar surface area (TPSA) is 45.9 Å². The fourth-order valence-electron chi connectivity index (χ4n) is 4.29. The van der Waals surface area contributed by atoms with Gasteiger partial charge in [0.05, 0.1) is 12.7 Å². The molecule has 0 aliphatic heterocycles. The first kappa shape index (κ1) is 21.9. The number of methoxy groups -OCH3 is 1. The number of nitriles is 1. The second-order valence-electron chi connectivity index (χ2n) is 9.13. The molecule has 0 saturated carbocycles. The zero-order valence-corrected chi connectivity index (χ0v) is 20.2. The highest BCUT2D eigenvalue weighted by atomic mass is 32.2. The molecule has 0 radical (unpaired) electrons. The molecule has 0 bridgehead atoms. The fraction of sp³-hybridized carbons (Fsp3) is 0.385. The monoisotopic (exact) mass is 448 g/mol. The van der Waals surface area contributed by atoms with Crippen molar-refractivity contribution in [1.29, 1.82) is 5.26 Å². The van der Waals surface area contributed by atoms with Gasteiger partial charge >= 0.3 is 0 Å². The molecule has 4 rings (SSSR count). The van der Waals surface area contributed by atoms with E-state index in [4.69, 9.17) is 9.72 Å². The van der Waals surface area contributed by atoms with Crippen LogP contribution in [0.4, 0.5) is 0 Å². The van der Waals surface area contributed by atoms with E-state index in [1.54, 1.807) is 30.2 Å². The maximum atomic E-state index is 10.2. The van der Waals surface area contributed by atoms with Crippen LogP contribution in [0.2, 0.25) is 0 Å². The Balaban J connectivity index is 1.75. The van der Waals surface area contributed by atoms with E-state index >= 15 is 0 Å². The number of nitrogens with zero attached hydrogens (tertiary/aromatic N) is 2. The SMILES string of the molecule is COc1cccc(CSc2nc3c(c(-c4cccs4)c2C#N)CC(C(C)(C)C)CC3)c1. The number of hydrogen-bond donors (Lipinski definition) is 0. The Morgan fingerprint density at radius 2 is 2.10 bits per heavy atom. The quantitative estimate of drug-likeness (QED) is 0.389. The Morgan fingerprint density at radius 3 is 2.77 bits per heavy atom. The fourth-order valence-corrected chi connectivity index (χ4v) is 6.04. The summed E-state index contributed by atoms with van der Waals surface area (Å²) in [7, 11) is 1.68. The summed E-state index contributed by atoms with van der Waals surface area (Å²) in [5.41, 5.74) is 5.72. The maximum Gasteiger partial charge on any atom is 0.119 e. The van der Waals surface area contributed by atoms with Crippen molar-refractivity contribution in [2.24, 2.45) is 11.3 Å². The highest BCUT2D eigenvalue weighted by molar-refractivity contribution is 7.98. The molecule has 0 fully saturated rings. The summed E-state index contributed by atoms with van der Waals surface area (Å²) < 4.78 is 5.36. The van der Waals surface area contributed by atoms with Crippen LogP contribution in [0.5, 0.6) is 5.75 Å². The lowest BCUT2D eigenvalue weighted by molar-refractivity contribution is 0.215. The molecular formula is C26H28N2OS2. The van der Waals surface area contributed by atoms with E-state index in [9.17, 15) is 5.26 Å². The Kier molecular flexibility index (Phi) is 6.41. The molecule has 1 unspecified atom stereocenters. The predicted octanol–water partition coefficient (Wildman–Crippen LogP) is 7.13. The zero-order chi connectivity index (χ0) is 22.0. The molecule has 0 N–H and O–H groups in total. The number of ether oxygens (including phenoxy) is 1. The third-order valence-corrected chi connectivity index (χ3v) is 8.08. The molecule has 3 aromatic rings. The van der Waals surface area contributed by atoms with Crippen molar-refractivity contribution in [2.45, 2.75) is 50.8 Å². The van der Waals surface area contributed by atoms with Crippen molar-refractivity contribution in [3.8, 4) is 22.3 Å². The van der Waals surface area contributed by atoms with Gasteiger partial charge in [0, 0.05) is 21.9 Å². The Labute approximate surface area is 193 Å². The predicted molar refractivity (Wildman–Crippen MR) is 130 cm³/mol. The van der Waals surface area contributed by atoms with Gasteiger partial charge in [0.2, 0.25) is 0 Å². The van der Waals surface area contributed by atoms with E-state index in [-0.39, 0.29) is 5.41 Å². The summed E-state index contributed by atoms with van der Waals surface area (Å²) in [4.78, 5) is 6.22. The maximum absolute atomic E-state index is 10.2. The van der Waals surface area contributed by atoms with E-state index in [1.165, 1.54) is 21.7 Å². The zero-order valence-electron chi connectivity index (χ0n) is 18.6. The number of thioether (sulfide) groups is 1. The van der Waals surface area contributed by atoms with Gasteiger partial charge < -0.3 is 4.74 Å². The van der Waals surface area contributed by atoms with Crippen LogP contribution in [-0.4, -0.2) is 12.1 Å². The number of pyridine rings is 1. The highest BCUT2D eigenvalue weighted by Crippen LogP contribution is 2.44. The highest BCUT2D eigenvalue weighted by Gasteiger charge is 2.33. The van der Waals surface area contributed by atoms with Crippen LogP contribution in [0.15, 0.2) is 46.8 Å². The van der Waals surface area contributed by atoms with Gasteiger partial charge in [-0.2, -0.15) is 5.26 Å². The molecule has 3 nitrogen and oxygen atoms in total. The van der Waals surface area contributed by atoms with E-state index in [0.717, 1.165) is 46.9 Å². The van der Waals surface area contributed by atoms with Gasteiger partial charge in [0.15, 0.2) is 0 Å². The van der Waals surface area contributed by atoms with Gasteiger partial charge in [-0.1, -0.05) is 39.0 Å². The number of rotatable bonds is 5. The molecule has 2 heterocycles. The minimum absolute atomic E-state index is 0.247. The van der Waals surface area contributed by atoms with Gasteiger partial charge in [0.1, 0.15) is 16.8 Å². The van der Waals surface area contributed by atoms with E-state index < -0.39 is 0 Å². The van der Waals surface area contributed by atoms with Gasteiger partial charge in [-0.25, -0.2) is 4.98 Å². The standard InChI is InChI=1S/C26H28N2OS2/c1-26(2,3)18-10-11-22-20(14-18)24(23-9-6-12-30-23)21(15-27)25(28-22)31-16-17-7-5-8-19(13-17)29-4/h5-9,12-13,18H,10-11,14,16H2,1-4H3. The second kappa shape index (κ2) is 9.06. The van der Waals surface area contributed by atoms with Gasteiger partial charge in [-0.15, -0.1) is 23.1 Å². The van der Waals surface area contributed by atoms with Gasteiger partial charge in [0.25, 0.3) is 0 Å². The van der Waals surface area contributed by atoms with Crippen LogP contribution >= 0.6 is 23.1 Å². The lowest BCUT2D eigenvalue weighted by atomic mass is 9.70. The number of aryl methyl sites for hydroxylation is 1. The molecule has 2 aromatic heterocycles. The Morgan fingerprint density at radius 1 is 1.26 bits per heavy atom. The first-order chi connectivity index (χ1) is 14.9. The van der Waals surface area contributed by atoms with Crippen molar-refractivity contribution >= 4 is 23.1 Å². The van der Waals surface area contributed by atoms with Crippen LogP contribution in [0, 0.1) is 22.7 Å². The summed E-state index contributed by atoms with van der Waals surface area (Å²) in [5, 5.41) is 13.1. The molecule has 5 heteroatoms. The molecule has 0 amide bonds. The second-order valence-corrected chi connectivity index (χ2v) is 11.0. The van der Waals surface area contributed by atoms with Crippen molar-refractivity contribution in [3.63, 3.8) is 0 Å². The number of fused-ring (bicyclic) bond motifs is 1. The molecule has 160 valence electrons. The first-order valence-electron chi connectivity index (χ1n) is 10.7. The summed E-state index contributed by atoms with van der Waals surface area (Å²) in [6.45, 7) is 6.97. The third kappa shape index (κ3) is 4.66. The first-order valence-corrected chi connectivity index (χ1v) is 12.5. The summed E-state index contributed by atoms with van der Waals surface area (Å²) in [6.07, 6.45) is 3.13. The molecule has 1 atom stereocenters. The number of aromatic nitrogens is 1. The number of benzene rings is 1. The van der Waals surface area contributed by atoms with E-state index in [1.807, 2.05) is 18.2 Å². The lowest BCUT2D eigenvalue weighted by Gasteiger charge is -2.35. The average Bonchev–Trinajstić information content (AvgIpc) is 3.30. The largest absolute Gasteiger partial charge is 0.497 e. The van der Waals surface area contributed by atoms with Crippen molar-refractivity contribution in [3.05, 3.63) is 64.2 Å². The smallest absolute Gasteiger partial charge is 0.119 e. The van der Waals surface area contributed by atoms with E-state index in [2.05, 4.69) is 50.4 Å². The molecule has 0 saturated heterocycles. The molecule has 1 aliphatic rings. The minimum atomic E-state index is 0.247. The van der Waals surface area contributed by atoms with Gasteiger partial charge in [-0.05, 0) is 65.3 Å². The summed E-state index contributed by atoms with van der Waals surface area (Å²) >= 11 is 3.36. The molecule has 1 aromatic carbocycles. The van der Waals surface area contributed by atoms with Crippen LogP contribution in [0.3, 0.4) is 0 Å². The van der Waals surface area contributed by atoms with Crippen molar-refractivity contribution < 1.29 is 4.74 Å². The van der Waals surface area contributed by atoms with Crippen LogP contribution in [-0.2, 0) is 18.6 Å². The number of hydrogen-bond acceptors (Lipinski definition) is 5. The molecule has 0 spiro atoms. The van der Waals surface area contributed by atoms with Gasteiger partial charge in [-0.3, -0.25) is 0 Å². The third-order valence-electron chi connectivity index (χ3n) is 6.14. The summed E-state index contributed by atoms with van der Waals surface area (Å²) in [5.74, 6) is 2.21. The average molecular weight is 449 g/mol. The molecule has 31 heavy (non-hydrogen) atoms. The molecular weight excluding hydrogens is 420 g/mol. The normalized spacial score (nSPS) is 15.9. The number of thiophene rings is 1. The summed E-state index contributed by atoms with van der Waals surface area (Å²) in [6, 6.07) is 14.8. The molecule has 1 aliphatic carbocycles. The Hall–Kier alpha value is -2.29. The van der Waals surface area contributed by atoms with Crippen LogP contribution in [0.1, 0.15) is 49.6 Å².